The molecule has 0 aromatic heterocycles. The number of ether oxygens (including phenoxy) is 1. The first-order chi connectivity index (χ1) is 6.79. The van der Waals surface area contributed by atoms with Crippen LogP contribution in [0.4, 0.5) is 13.2 Å². The minimum absolute atomic E-state index is 0.100. The Morgan fingerprint density at radius 1 is 1.33 bits per heavy atom. The van der Waals surface area contributed by atoms with Gasteiger partial charge in [0.2, 0.25) is 0 Å². The molecule has 0 bridgehead atoms. The van der Waals surface area contributed by atoms with Gasteiger partial charge in [-0.15, -0.1) is 13.2 Å². The van der Waals surface area contributed by atoms with Gasteiger partial charge < -0.3 is 0 Å². The van der Waals surface area contributed by atoms with Crippen molar-refractivity contribution in [2.24, 2.45) is 5.41 Å². The Morgan fingerprint density at radius 2 is 2.00 bits per heavy atom. The Morgan fingerprint density at radius 3 is 2.60 bits per heavy atom. The first kappa shape index (κ1) is 12.6. The van der Waals surface area contributed by atoms with Gasteiger partial charge in [-0.2, -0.15) is 0 Å². The zero-order valence-corrected chi connectivity index (χ0v) is 9.10. The molecule has 0 aliphatic heterocycles. The van der Waals surface area contributed by atoms with Gasteiger partial charge in [0.05, 0.1) is 6.10 Å². The van der Waals surface area contributed by atoms with Gasteiger partial charge in [0.15, 0.2) is 0 Å². The van der Waals surface area contributed by atoms with E-state index in [1.807, 2.05) is 6.08 Å². The van der Waals surface area contributed by atoms with Crippen molar-refractivity contribution >= 4 is 0 Å². The van der Waals surface area contributed by atoms with Crippen molar-refractivity contribution in [3.05, 3.63) is 12.2 Å². The molecule has 0 saturated carbocycles. The second-order valence-electron chi connectivity index (χ2n) is 4.70. The van der Waals surface area contributed by atoms with Gasteiger partial charge in [0, 0.05) is 0 Å². The highest BCUT2D eigenvalue weighted by Gasteiger charge is 2.33. The zero-order valence-electron chi connectivity index (χ0n) is 9.10. The predicted molar refractivity (Wildman–Crippen MR) is 52.3 cm³/mol. The number of halogens is 3. The predicted octanol–water partition coefficient (Wildman–Crippen LogP) is 4.05. The summed E-state index contributed by atoms with van der Waals surface area (Å²) in [5.41, 5.74) is 0.100. The number of allylic oxidation sites excluding steroid dienone is 1. The van der Waals surface area contributed by atoms with Crippen molar-refractivity contribution in [1.29, 1.82) is 0 Å². The van der Waals surface area contributed by atoms with Crippen LogP contribution in [0.2, 0.25) is 0 Å². The van der Waals surface area contributed by atoms with Crippen LogP contribution in [0.15, 0.2) is 12.2 Å². The molecule has 1 aliphatic rings. The van der Waals surface area contributed by atoms with Crippen molar-refractivity contribution in [3.8, 4) is 0 Å². The molecule has 0 amide bonds. The standard InChI is InChI=1S/C11H17F3O/c1-10(2)7-3-5-9(6-4-8-10)15-11(12,13)14/h3,7,9H,4-6,8H2,1-2H3. The van der Waals surface area contributed by atoms with Gasteiger partial charge in [0.1, 0.15) is 0 Å². The SMILES string of the molecule is CC1(C)C=CCC(OC(F)(F)F)CCC1. The molecule has 0 saturated heterocycles. The summed E-state index contributed by atoms with van der Waals surface area (Å²) in [5, 5.41) is 0. The van der Waals surface area contributed by atoms with Gasteiger partial charge in [-0.1, -0.05) is 32.4 Å². The van der Waals surface area contributed by atoms with E-state index in [0.29, 0.717) is 12.8 Å². The fourth-order valence-corrected chi connectivity index (χ4v) is 1.82. The van der Waals surface area contributed by atoms with E-state index in [0.717, 1.165) is 12.8 Å². The Kier molecular flexibility index (Phi) is 3.82. The van der Waals surface area contributed by atoms with Crippen molar-refractivity contribution in [1.82, 2.24) is 0 Å². The van der Waals surface area contributed by atoms with Gasteiger partial charge in [0.25, 0.3) is 0 Å². The first-order valence-corrected chi connectivity index (χ1v) is 5.21. The minimum atomic E-state index is -4.51. The van der Waals surface area contributed by atoms with Gasteiger partial charge in [-0.25, -0.2) is 0 Å². The summed E-state index contributed by atoms with van der Waals surface area (Å²) in [6.07, 6.45) is 1.08. The molecule has 15 heavy (non-hydrogen) atoms. The highest BCUT2D eigenvalue weighted by Crippen LogP contribution is 2.31. The Bertz CT molecular complexity index is 230. The maximum atomic E-state index is 12.0. The number of hydrogen-bond donors (Lipinski definition) is 0. The molecule has 0 aromatic rings. The Labute approximate surface area is 88.3 Å². The molecule has 0 fully saturated rings. The molecule has 4 heteroatoms. The highest BCUT2D eigenvalue weighted by molar-refractivity contribution is 4.97. The largest absolute Gasteiger partial charge is 0.522 e. The molecule has 88 valence electrons. The fourth-order valence-electron chi connectivity index (χ4n) is 1.82. The molecule has 1 nitrogen and oxygen atoms in total. The van der Waals surface area contributed by atoms with E-state index in [1.165, 1.54) is 0 Å². The number of hydrogen-bond acceptors (Lipinski definition) is 1. The summed E-state index contributed by atoms with van der Waals surface area (Å²) < 4.78 is 40.0. The van der Waals surface area contributed by atoms with Crippen LogP contribution in [0.3, 0.4) is 0 Å². The number of alkyl halides is 3. The molecule has 1 rings (SSSR count). The lowest BCUT2D eigenvalue weighted by Gasteiger charge is -2.25. The summed E-state index contributed by atoms with van der Waals surface area (Å²) in [4.78, 5) is 0. The second kappa shape index (κ2) is 4.56. The maximum absolute atomic E-state index is 12.0. The third-order valence-electron chi connectivity index (χ3n) is 2.62. The van der Waals surface area contributed by atoms with Gasteiger partial charge in [-0.3, -0.25) is 4.74 Å². The van der Waals surface area contributed by atoms with E-state index in [4.69, 9.17) is 0 Å². The molecule has 0 radical (unpaired) electrons. The van der Waals surface area contributed by atoms with Crippen LogP contribution in [0.25, 0.3) is 0 Å². The van der Waals surface area contributed by atoms with Crippen LogP contribution in [0.5, 0.6) is 0 Å². The molecule has 0 spiro atoms. The van der Waals surface area contributed by atoms with Gasteiger partial charge in [-0.05, 0) is 24.7 Å². The molecular weight excluding hydrogens is 205 g/mol. The maximum Gasteiger partial charge on any atom is 0.522 e. The highest BCUT2D eigenvalue weighted by atomic mass is 19.4. The number of rotatable bonds is 1. The Balaban J connectivity index is 2.51. The monoisotopic (exact) mass is 222 g/mol. The van der Waals surface area contributed by atoms with E-state index >= 15 is 0 Å². The van der Waals surface area contributed by atoms with Crippen molar-refractivity contribution < 1.29 is 17.9 Å². The third kappa shape index (κ3) is 5.21. The molecule has 0 heterocycles. The summed E-state index contributed by atoms with van der Waals surface area (Å²) in [6, 6.07) is 0. The lowest BCUT2D eigenvalue weighted by Crippen LogP contribution is -2.25. The topological polar surface area (TPSA) is 9.23 Å². The lowest BCUT2D eigenvalue weighted by atomic mass is 9.84. The quantitative estimate of drug-likeness (QED) is 0.608. The molecule has 1 atom stereocenters. The van der Waals surface area contributed by atoms with Crippen LogP contribution in [0, 0.1) is 5.41 Å². The normalized spacial score (nSPS) is 27.1. The van der Waals surface area contributed by atoms with E-state index in [9.17, 15) is 13.2 Å². The van der Waals surface area contributed by atoms with Crippen LogP contribution in [-0.4, -0.2) is 12.5 Å². The van der Waals surface area contributed by atoms with Crippen molar-refractivity contribution in [2.75, 3.05) is 0 Å². The summed E-state index contributed by atoms with van der Waals surface area (Å²) in [6.45, 7) is 4.18. The van der Waals surface area contributed by atoms with Crippen molar-refractivity contribution in [2.45, 2.75) is 52.0 Å². The average Bonchev–Trinajstić information content (AvgIpc) is 1.97. The molecule has 1 aliphatic carbocycles. The summed E-state index contributed by atoms with van der Waals surface area (Å²) in [7, 11) is 0. The summed E-state index contributed by atoms with van der Waals surface area (Å²) in [5.74, 6) is 0. The molecule has 0 aromatic carbocycles. The molecule has 1 unspecified atom stereocenters. The Hall–Kier alpha value is -0.510. The van der Waals surface area contributed by atoms with Crippen LogP contribution < -0.4 is 0 Å². The van der Waals surface area contributed by atoms with E-state index in [1.54, 1.807) is 6.08 Å². The average molecular weight is 222 g/mol. The van der Waals surface area contributed by atoms with E-state index in [-0.39, 0.29) is 5.41 Å². The fraction of sp³-hybridized carbons (Fsp3) is 0.818. The lowest BCUT2D eigenvalue weighted by molar-refractivity contribution is -0.343. The zero-order chi connectivity index (χ0) is 11.5. The van der Waals surface area contributed by atoms with E-state index in [2.05, 4.69) is 18.6 Å². The minimum Gasteiger partial charge on any atom is -0.288 e. The third-order valence-corrected chi connectivity index (χ3v) is 2.62. The molecule has 0 N–H and O–H groups in total. The van der Waals surface area contributed by atoms with Crippen LogP contribution in [-0.2, 0) is 4.74 Å². The van der Waals surface area contributed by atoms with Crippen LogP contribution >= 0.6 is 0 Å². The smallest absolute Gasteiger partial charge is 0.288 e. The second-order valence-corrected chi connectivity index (χ2v) is 4.70. The van der Waals surface area contributed by atoms with E-state index < -0.39 is 12.5 Å². The summed E-state index contributed by atoms with van der Waals surface area (Å²) >= 11 is 0. The molecular formula is C11H17F3O. The van der Waals surface area contributed by atoms with Crippen LogP contribution in [0.1, 0.15) is 39.5 Å². The first-order valence-electron chi connectivity index (χ1n) is 5.21. The van der Waals surface area contributed by atoms with Crippen molar-refractivity contribution in [3.63, 3.8) is 0 Å². The van der Waals surface area contributed by atoms with Gasteiger partial charge >= 0.3 is 6.36 Å².